The molecular weight excluding hydrogens is 322 g/mol. The van der Waals surface area contributed by atoms with E-state index in [0.717, 1.165) is 23.5 Å². The van der Waals surface area contributed by atoms with E-state index in [9.17, 15) is 0 Å². The largest absolute Gasteiger partial charge is 0.381 e. The molecular formula is C14H12BrN3S. The number of thiophene rings is 1. The Balaban J connectivity index is 1.66. The number of nitrogens with zero attached hydrogens (tertiary/aromatic N) is 1. The standard InChI is InChI=1S/C14H12BrN3S/c15-14-5-10(8-19-14)6-17-12-3-1-11(2-4-12)13-7-16-9-18-13/h1-5,7-9,17H,6H2,(H,16,18). The van der Waals surface area contributed by atoms with Crippen LogP contribution in [0.4, 0.5) is 5.69 Å². The highest BCUT2D eigenvalue weighted by Gasteiger charge is 2.00. The number of hydrogen-bond donors (Lipinski definition) is 2. The highest BCUT2D eigenvalue weighted by molar-refractivity contribution is 9.11. The number of halogens is 1. The SMILES string of the molecule is Brc1cc(CNc2ccc(-c3cnc[nH]3)cc2)cs1. The highest BCUT2D eigenvalue weighted by Crippen LogP contribution is 2.22. The van der Waals surface area contributed by atoms with Crippen molar-refractivity contribution < 1.29 is 0 Å². The van der Waals surface area contributed by atoms with Gasteiger partial charge in [0, 0.05) is 12.2 Å². The Hall–Kier alpha value is -1.59. The Kier molecular flexibility index (Phi) is 3.66. The normalized spacial score (nSPS) is 10.6. The molecule has 0 aliphatic carbocycles. The van der Waals surface area contributed by atoms with Crippen molar-refractivity contribution in [1.29, 1.82) is 0 Å². The Morgan fingerprint density at radius 2 is 2.11 bits per heavy atom. The van der Waals surface area contributed by atoms with E-state index in [4.69, 9.17) is 0 Å². The lowest BCUT2D eigenvalue weighted by Crippen LogP contribution is -1.97. The summed E-state index contributed by atoms with van der Waals surface area (Å²) in [5.41, 5.74) is 4.58. The molecule has 96 valence electrons. The van der Waals surface area contributed by atoms with Crippen molar-refractivity contribution in [2.24, 2.45) is 0 Å². The number of rotatable bonds is 4. The minimum absolute atomic E-state index is 0.839. The lowest BCUT2D eigenvalue weighted by molar-refractivity contribution is 1.16. The first-order valence-corrected chi connectivity index (χ1v) is 7.54. The van der Waals surface area contributed by atoms with E-state index in [-0.39, 0.29) is 0 Å². The first-order valence-electron chi connectivity index (χ1n) is 5.87. The number of aromatic nitrogens is 2. The second kappa shape index (κ2) is 5.59. The van der Waals surface area contributed by atoms with E-state index in [1.54, 1.807) is 17.7 Å². The molecule has 0 fully saturated rings. The van der Waals surface area contributed by atoms with Crippen LogP contribution in [0.5, 0.6) is 0 Å². The van der Waals surface area contributed by atoms with Crippen LogP contribution in [-0.2, 0) is 6.54 Å². The quantitative estimate of drug-likeness (QED) is 0.737. The van der Waals surface area contributed by atoms with E-state index in [2.05, 4.69) is 66.9 Å². The van der Waals surface area contributed by atoms with Gasteiger partial charge in [-0.2, -0.15) is 0 Å². The molecule has 0 radical (unpaired) electrons. The third kappa shape index (κ3) is 3.05. The van der Waals surface area contributed by atoms with Crippen molar-refractivity contribution in [2.75, 3.05) is 5.32 Å². The van der Waals surface area contributed by atoms with E-state index < -0.39 is 0 Å². The molecule has 19 heavy (non-hydrogen) atoms. The van der Waals surface area contributed by atoms with Crippen molar-refractivity contribution >= 4 is 33.0 Å². The van der Waals surface area contributed by atoms with Crippen LogP contribution in [0, 0.1) is 0 Å². The van der Waals surface area contributed by atoms with Crippen LogP contribution in [0.1, 0.15) is 5.56 Å². The van der Waals surface area contributed by atoms with Crippen LogP contribution in [0.3, 0.4) is 0 Å². The van der Waals surface area contributed by atoms with Gasteiger partial charge in [-0.15, -0.1) is 11.3 Å². The van der Waals surface area contributed by atoms with Gasteiger partial charge in [0.15, 0.2) is 0 Å². The maximum Gasteiger partial charge on any atom is 0.0924 e. The molecule has 0 aliphatic heterocycles. The molecule has 0 saturated carbocycles. The Morgan fingerprint density at radius 1 is 1.26 bits per heavy atom. The van der Waals surface area contributed by atoms with Crippen molar-refractivity contribution in [3.63, 3.8) is 0 Å². The zero-order chi connectivity index (χ0) is 13.1. The maximum absolute atomic E-state index is 4.02. The molecule has 0 amide bonds. The van der Waals surface area contributed by atoms with Gasteiger partial charge in [-0.25, -0.2) is 4.98 Å². The summed E-state index contributed by atoms with van der Waals surface area (Å²) in [5.74, 6) is 0. The molecule has 3 aromatic rings. The molecule has 2 N–H and O–H groups in total. The number of benzene rings is 1. The molecule has 0 aliphatic rings. The summed E-state index contributed by atoms with van der Waals surface area (Å²) < 4.78 is 1.17. The zero-order valence-electron chi connectivity index (χ0n) is 10.1. The van der Waals surface area contributed by atoms with Crippen molar-refractivity contribution in [3.05, 3.63) is 57.6 Å². The number of aromatic amines is 1. The van der Waals surface area contributed by atoms with Crippen molar-refractivity contribution in [1.82, 2.24) is 9.97 Å². The van der Waals surface area contributed by atoms with Gasteiger partial charge in [0.2, 0.25) is 0 Å². The fourth-order valence-corrected chi connectivity index (χ4v) is 3.03. The minimum Gasteiger partial charge on any atom is -0.381 e. The molecule has 0 spiro atoms. The van der Waals surface area contributed by atoms with E-state index in [1.807, 2.05) is 6.20 Å². The van der Waals surface area contributed by atoms with E-state index >= 15 is 0 Å². The molecule has 0 bridgehead atoms. The lowest BCUT2D eigenvalue weighted by atomic mass is 10.1. The smallest absolute Gasteiger partial charge is 0.0924 e. The van der Waals surface area contributed by atoms with Gasteiger partial charge in [-0.05, 0) is 50.6 Å². The summed E-state index contributed by atoms with van der Waals surface area (Å²) in [7, 11) is 0. The molecule has 3 rings (SSSR count). The molecule has 0 saturated heterocycles. The molecule has 2 aromatic heterocycles. The van der Waals surface area contributed by atoms with Crippen LogP contribution in [0.15, 0.2) is 52.0 Å². The topological polar surface area (TPSA) is 40.7 Å². The Morgan fingerprint density at radius 3 is 2.74 bits per heavy atom. The van der Waals surface area contributed by atoms with Gasteiger partial charge >= 0.3 is 0 Å². The molecule has 3 nitrogen and oxygen atoms in total. The van der Waals surface area contributed by atoms with Gasteiger partial charge in [-0.3, -0.25) is 0 Å². The monoisotopic (exact) mass is 333 g/mol. The molecule has 1 aromatic carbocycles. The number of H-pyrrole nitrogens is 1. The van der Waals surface area contributed by atoms with Crippen LogP contribution >= 0.6 is 27.3 Å². The summed E-state index contributed by atoms with van der Waals surface area (Å²) in [6, 6.07) is 10.5. The summed E-state index contributed by atoms with van der Waals surface area (Å²) in [5, 5.41) is 5.56. The number of hydrogen-bond acceptors (Lipinski definition) is 3. The fraction of sp³-hybridized carbons (Fsp3) is 0.0714. The summed E-state index contributed by atoms with van der Waals surface area (Å²) in [6.45, 7) is 0.839. The zero-order valence-corrected chi connectivity index (χ0v) is 12.5. The van der Waals surface area contributed by atoms with E-state index in [1.165, 1.54) is 9.35 Å². The second-order valence-corrected chi connectivity index (χ2v) is 6.45. The predicted octanol–water partition coefficient (Wildman–Crippen LogP) is 4.51. The van der Waals surface area contributed by atoms with Crippen molar-refractivity contribution in [3.8, 4) is 11.3 Å². The van der Waals surface area contributed by atoms with Crippen LogP contribution in [0.2, 0.25) is 0 Å². The maximum atomic E-state index is 4.02. The van der Waals surface area contributed by atoms with Crippen LogP contribution in [0.25, 0.3) is 11.3 Å². The van der Waals surface area contributed by atoms with Gasteiger partial charge < -0.3 is 10.3 Å². The third-order valence-corrected chi connectivity index (χ3v) is 4.37. The summed E-state index contributed by atoms with van der Waals surface area (Å²) in [4.78, 5) is 7.12. The third-order valence-electron chi connectivity index (χ3n) is 2.81. The minimum atomic E-state index is 0.839. The number of anilines is 1. The van der Waals surface area contributed by atoms with Crippen LogP contribution in [-0.4, -0.2) is 9.97 Å². The van der Waals surface area contributed by atoms with Gasteiger partial charge in [-0.1, -0.05) is 12.1 Å². The van der Waals surface area contributed by atoms with Gasteiger partial charge in [0.05, 0.1) is 22.0 Å². The predicted molar refractivity (Wildman–Crippen MR) is 83.4 cm³/mol. The second-order valence-electron chi connectivity index (χ2n) is 4.16. The average Bonchev–Trinajstić information content (AvgIpc) is 3.08. The summed E-state index contributed by atoms with van der Waals surface area (Å²) >= 11 is 5.18. The highest BCUT2D eigenvalue weighted by atomic mass is 79.9. The van der Waals surface area contributed by atoms with Crippen LogP contribution < -0.4 is 5.32 Å². The van der Waals surface area contributed by atoms with E-state index in [0.29, 0.717) is 0 Å². The van der Waals surface area contributed by atoms with Gasteiger partial charge in [0.1, 0.15) is 0 Å². The Bertz CT molecular complexity index is 644. The fourth-order valence-electron chi connectivity index (χ4n) is 1.82. The first-order chi connectivity index (χ1) is 9.31. The lowest BCUT2D eigenvalue weighted by Gasteiger charge is -2.05. The molecule has 5 heteroatoms. The number of imidazole rings is 1. The molecule has 0 atom stereocenters. The first kappa shape index (κ1) is 12.4. The van der Waals surface area contributed by atoms with Crippen molar-refractivity contribution in [2.45, 2.75) is 6.54 Å². The Labute approximate surface area is 123 Å². The molecule has 0 unspecified atom stereocenters. The molecule has 2 heterocycles. The average molecular weight is 334 g/mol. The number of nitrogens with one attached hydrogen (secondary N) is 2. The summed E-state index contributed by atoms with van der Waals surface area (Å²) in [6.07, 6.45) is 3.52. The van der Waals surface area contributed by atoms with Gasteiger partial charge in [0.25, 0.3) is 0 Å².